The van der Waals surface area contributed by atoms with Crippen molar-refractivity contribution < 1.29 is 4.39 Å². The lowest BCUT2D eigenvalue weighted by molar-refractivity contribution is 0.491. The van der Waals surface area contributed by atoms with Crippen LogP contribution in [0.4, 0.5) is 4.39 Å². The zero-order valence-corrected chi connectivity index (χ0v) is 10.6. The van der Waals surface area contributed by atoms with E-state index in [1.807, 2.05) is 0 Å². The fourth-order valence-corrected chi connectivity index (χ4v) is 1.94. The SMILES string of the molecule is CCNCCC(C)Cc1c(F)cccc1Cl. The van der Waals surface area contributed by atoms with E-state index in [-0.39, 0.29) is 5.82 Å². The van der Waals surface area contributed by atoms with E-state index in [0.29, 0.717) is 22.9 Å². The molecule has 0 saturated heterocycles. The molecule has 1 unspecified atom stereocenters. The third kappa shape index (κ3) is 4.11. The standard InChI is InChI=1S/C13H19ClFN/c1-3-16-8-7-10(2)9-11-12(14)5-4-6-13(11)15/h4-6,10,16H,3,7-9H2,1-2H3. The monoisotopic (exact) mass is 243 g/mol. The molecule has 3 heteroatoms. The van der Waals surface area contributed by atoms with Gasteiger partial charge in [-0.05, 0) is 44.0 Å². The Labute approximate surface area is 102 Å². The van der Waals surface area contributed by atoms with Crippen LogP contribution in [0.1, 0.15) is 25.8 Å². The lowest BCUT2D eigenvalue weighted by atomic mass is 9.97. The largest absolute Gasteiger partial charge is 0.317 e. The van der Waals surface area contributed by atoms with Crippen molar-refractivity contribution in [3.8, 4) is 0 Å². The van der Waals surface area contributed by atoms with Gasteiger partial charge in [-0.1, -0.05) is 31.5 Å². The summed E-state index contributed by atoms with van der Waals surface area (Å²) in [4.78, 5) is 0. The predicted molar refractivity (Wildman–Crippen MR) is 67.4 cm³/mol. The van der Waals surface area contributed by atoms with Gasteiger partial charge in [-0.2, -0.15) is 0 Å². The van der Waals surface area contributed by atoms with Crippen LogP contribution >= 0.6 is 11.6 Å². The van der Waals surface area contributed by atoms with Crippen LogP contribution in [-0.2, 0) is 6.42 Å². The topological polar surface area (TPSA) is 12.0 Å². The van der Waals surface area contributed by atoms with Gasteiger partial charge in [0.1, 0.15) is 5.82 Å². The second kappa shape index (κ2) is 6.87. The van der Waals surface area contributed by atoms with Crippen LogP contribution in [-0.4, -0.2) is 13.1 Å². The summed E-state index contributed by atoms with van der Waals surface area (Å²) >= 11 is 5.98. The van der Waals surface area contributed by atoms with E-state index in [1.165, 1.54) is 6.07 Å². The molecule has 0 aliphatic carbocycles. The Kier molecular flexibility index (Phi) is 5.78. The molecule has 1 rings (SSSR count). The van der Waals surface area contributed by atoms with Crippen LogP contribution in [0.3, 0.4) is 0 Å². The zero-order valence-electron chi connectivity index (χ0n) is 9.89. The van der Waals surface area contributed by atoms with Gasteiger partial charge < -0.3 is 5.32 Å². The highest BCUT2D eigenvalue weighted by atomic mass is 35.5. The lowest BCUT2D eigenvalue weighted by Gasteiger charge is -2.13. The average molecular weight is 244 g/mol. The number of rotatable bonds is 6. The van der Waals surface area contributed by atoms with Crippen LogP contribution < -0.4 is 5.32 Å². The summed E-state index contributed by atoms with van der Waals surface area (Å²) in [5, 5.41) is 3.80. The fourth-order valence-electron chi connectivity index (χ4n) is 1.70. The van der Waals surface area contributed by atoms with Gasteiger partial charge in [-0.15, -0.1) is 0 Å². The molecule has 0 saturated carbocycles. The van der Waals surface area contributed by atoms with Gasteiger partial charge in [0, 0.05) is 10.6 Å². The molecule has 0 heterocycles. The molecule has 0 amide bonds. The molecule has 1 aromatic rings. The van der Waals surface area contributed by atoms with Crippen LogP contribution in [0.15, 0.2) is 18.2 Å². The van der Waals surface area contributed by atoms with Gasteiger partial charge in [0.2, 0.25) is 0 Å². The molecule has 16 heavy (non-hydrogen) atoms. The molecule has 1 atom stereocenters. The summed E-state index contributed by atoms with van der Waals surface area (Å²) in [5.41, 5.74) is 0.646. The number of halogens is 2. The number of hydrogen-bond acceptors (Lipinski definition) is 1. The van der Waals surface area contributed by atoms with Gasteiger partial charge in [0.15, 0.2) is 0 Å². The van der Waals surface area contributed by atoms with Crippen LogP contribution in [0.25, 0.3) is 0 Å². The number of nitrogens with one attached hydrogen (secondary N) is 1. The summed E-state index contributed by atoms with van der Waals surface area (Å²) in [6.07, 6.45) is 1.75. The summed E-state index contributed by atoms with van der Waals surface area (Å²) in [5.74, 6) is 0.247. The maximum Gasteiger partial charge on any atom is 0.127 e. The second-order valence-electron chi connectivity index (χ2n) is 4.15. The molecule has 0 bridgehead atoms. The minimum absolute atomic E-state index is 0.192. The minimum Gasteiger partial charge on any atom is -0.317 e. The summed E-state index contributed by atoms with van der Waals surface area (Å²) < 4.78 is 13.5. The second-order valence-corrected chi connectivity index (χ2v) is 4.56. The summed E-state index contributed by atoms with van der Waals surface area (Å²) in [6, 6.07) is 4.86. The molecule has 0 aliphatic heterocycles. The van der Waals surface area contributed by atoms with E-state index in [1.54, 1.807) is 12.1 Å². The van der Waals surface area contributed by atoms with Gasteiger partial charge in [-0.25, -0.2) is 4.39 Å². The van der Waals surface area contributed by atoms with Gasteiger partial charge >= 0.3 is 0 Å². The van der Waals surface area contributed by atoms with E-state index in [0.717, 1.165) is 19.5 Å². The van der Waals surface area contributed by atoms with Gasteiger partial charge in [0.25, 0.3) is 0 Å². The normalized spacial score (nSPS) is 12.8. The Morgan fingerprint density at radius 3 is 2.81 bits per heavy atom. The van der Waals surface area contributed by atoms with E-state index in [4.69, 9.17) is 11.6 Å². The highest BCUT2D eigenvalue weighted by molar-refractivity contribution is 6.31. The maximum absolute atomic E-state index is 13.5. The van der Waals surface area contributed by atoms with Gasteiger partial charge in [0.05, 0.1) is 0 Å². The lowest BCUT2D eigenvalue weighted by Crippen LogP contribution is -2.17. The molecule has 1 nitrogen and oxygen atoms in total. The molecule has 0 aromatic heterocycles. The summed E-state index contributed by atoms with van der Waals surface area (Å²) in [6.45, 7) is 6.16. The Hall–Kier alpha value is -0.600. The average Bonchev–Trinajstić information content (AvgIpc) is 2.24. The van der Waals surface area contributed by atoms with E-state index < -0.39 is 0 Å². The first-order chi connectivity index (χ1) is 7.65. The fraction of sp³-hybridized carbons (Fsp3) is 0.538. The molecular formula is C13H19ClFN. The first-order valence-corrected chi connectivity index (χ1v) is 6.16. The molecule has 0 spiro atoms. The third-order valence-corrected chi connectivity index (χ3v) is 3.03. The third-order valence-electron chi connectivity index (χ3n) is 2.68. The quantitative estimate of drug-likeness (QED) is 0.752. The molecule has 1 N–H and O–H groups in total. The molecular weight excluding hydrogens is 225 g/mol. The first kappa shape index (κ1) is 13.5. The summed E-state index contributed by atoms with van der Waals surface area (Å²) in [7, 11) is 0. The highest BCUT2D eigenvalue weighted by Crippen LogP contribution is 2.23. The van der Waals surface area contributed by atoms with Crippen molar-refractivity contribution in [1.29, 1.82) is 0 Å². The molecule has 0 fully saturated rings. The van der Waals surface area contributed by atoms with E-state index in [2.05, 4.69) is 19.2 Å². The Morgan fingerprint density at radius 2 is 2.19 bits per heavy atom. The zero-order chi connectivity index (χ0) is 12.0. The minimum atomic E-state index is -0.192. The van der Waals surface area contributed by atoms with Crippen molar-refractivity contribution in [2.24, 2.45) is 5.92 Å². The number of benzene rings is 1. The number of hydrogen-bond donors (Lipinski definition) is 1. The molecule has 0 aliphatic rings. The highest BCUT2D eigenvalue weighted by Gasteiger charge is 2.10. The van der Waals surface area contributed by atoms with E-state index in [9.17, 15) is 4.39 Å². The molecule has 1 aromatic carbocycles. The van der Waals surface area contributed by atoms with Crippen molar-refractivity contribution >= 4 is 11.6 Å². The Morgan fingerprint density at radius 1 is 1.44 bits per heavy atom. The van der Waals surface area contributed by atoms with Crippen molar-refractivity contribution in [1.82, 2.24) is 5.32 Å². The van der Waals surface area contributed by atoms with Crippen LogP contribution in [0.5, 0.6) is 0 Å². The smallest absolute Gasteiger partial charge is 0.127 e. The Bertz CT molecular complexity index is 307. The van der Waals surface area contributed by atoms with Crippen molar-refractivity contribution in [2.75, 3.05) is 13.1 Å². The van der Waals surface area contributed by atoms with E-state index >= 15 is 0 Å². The van der Waals surface area contributed by atoms with Crippen molar-refractivity contribution in [2.45, 2.75) is 26.7 Å². The van der Waals surface area contributed by atoms with Crippen molar-refractivity contribution in [3.05, 3.63) is 34.6 Å². The Balaban J connectivity index is 2.52. The molecule has 90 valence electrons. The first-order valence-electron chi connectivity index (χ1n) is 5.78. The van der Waals surface area contributed by atoms with Gasteiger partial charge in [-0.3, -0.25) is 0 Å². The van der Waals surface area contributed by atoms with Crippen LogP contribution in [0.2, 0.25) is 5.02 Å². The van der Waals surface area contributed by atoms with Crippen molar-refractivity contribution in [3.63, 3.8) is 0 Å². The predicted octanol–water partition coefficient (Wildman–Crippen LogP) is 3.66. The molecule has 0 radical (unpaired) electrons. The van der Waals surface area contributed by atoms with Crippen LogP contribution in [0, 0.1) is 11.7 Å². The maximum atomic E-state index is 13.5.